The Morgan fingerprint density at radius 3 is 2.51 bits per heavy atom. The van der Waals surface area contributed by atoms with Crippen molar-refractivity contribution in [3.8, 4) is 6.07 Å². The molecule has 1 aliphatic heterocycles. The molecule has 0 radical (unpaired) electrons. The predicted molar refractivity (Wildman–Crippen MR) is 140 cm³/mol. The second-order valence-corrected chi connectivity index (χ2v) is 9.26. The number of esters is 1. The minimum absolute atomic E-state index is 0.266. The molecule has 0 saturated carbocycles. The van der Waals surface area contributed by atoms with Crippen molar-refractivity contribution in [1.82, 2.24) is 5.32 Å². The molecule has 1 aliphatic rings. The zero-order valence-corrected chi connectivity index (χ0v) is 20.5. The zero-order chi connectivity index (χ0) is 24.6. The molecule has 0 saturated heterocycles. The van der Waals surface area contributed by atoms with Crippen molar-refractivity contribution in [2.45, 2.75) is 45.2 Å². The van der Waals surface area contributed by atoms with Gasteiger partial charge >= 0.3 is 5.97 Å². The number of nitriles is 1. The number of nitrogens with one attached hydrogen (secondary N) is 1. The Balaban J connectivity index is 1.33. The lowest BCUT2D eigenvalue weighted by Crippen LogP contribution is -2.30. The van der Waals surface area contributed by atoms with E-state index >= 15 is 0 Å². The van der Waals surface area contributed by atoms with Gasteiger partial charge in [-0.05, 0) is 68.0 Å². The summed E-state index contributed by atoms with van der Waals surface area (Å²) >= 11 is 0. The summed E-state index contributed by atoms with van der Waals surface area (Å²) in [5.41, 5.74) is 6.06. The molecule has 0 spiro atoms. The van der Waals surface area contributed by atoms with E-state index in [0.29, 0.717) is 12.2 Å². The maximum atomic E-state index is 12.1. The number of fused-ring (bicyclic) bond motifs is 1. The van der Waals surface area contributed by atoms with Crippen molar-refractivity contribution in [3.63, 3.8) is 0 Å². The number of carbonyl (C=O) groups excluding carboxylic acids is 1. The summed E-state index contributed by atoms with van der Waals surface area (Å²) < 4.78 is 5.42. The molecule has 5 heteroatoms. The van der Waals surface area contributed by atoms with Crippen LogP contribution in [0.25, 0.3) is 0 Å². The number of benzene rings is 3. The van der Waals surface area contributed by atoms with Gasteiger partial charge in [0.25, 0.3) is 0 Å². The summed E-state index contributed by atoms with van der Waals surface area (Å²) in [4.78, 5) is 14.4. The first-order valence-electron chi connectivity index (χ1n) is 12.4. The van der Waals surface area contributed by atoms with Crippen molar-refractivity contribution in [1.29, 1.82) is 5.26 Å². The molecular weight excluding hydrogens is 434 g/mol. The van der Waals surface area contributed by atoms with E-state index in [-0.39, 0.29) is 18.1 Å². The number of hydrogen-bond donors (Lipinski definition) is 1. The van der Waals surface area contributed by atoms with Gasteiger partial charge in [0.1, 0.15) is 6.07 Å². The highest BCUT2D eigenvalue weighted by Crippen LogP contribution is 2.33. The van der Waals surface area contributed by atoms with E-state index in [0.717, 1.165) is 43.6 Å². The van der Waals surface area contributed by atoms with E-state index < -0.39 is 0 Å². The second kappa shape index (κ2) is 11.7. The van der Waals surface area contributed by atoms with Crippen molar-refractivity contribution in [2.75, 3.05) is 24.6 Å². The smallest absolute Gasteiger partial charge is 0.338 e. The quantitative estimate of drug-likeness (QED) is 0.317. The fourth-order valence-corrected chi connectivity index (χ4v) is 4.87. The third-order valence-electron chi connectivity index (χ3n) is 6.53. The second-order valence-electron chi connectivity index (χ2n) is 9.26. The Hall–Kier alpha value is -3.62. The molecule has 180 valence electrons. The van der Waals surface area contributed by atoms with Crippen LogP contribution in [0.3, 0.4) is 0 Å². The maximum absolute atomic E-state index is 12.1. The average Bonchev–Trinajstić information content (AvgIpc) is 3.29. The summed E-state index contributed by atoms with van der Waals surface area (Å²) in [6, 6.07) is 26.8. The highest BCUT2D eigenvalue weighted by molar-refractivity contribution is 5.89. The van der Waals surface area contributed by atoms with Gasteiger partial charge < -0.3 is 15.0 Å². The Kier molecular flexibility index (Phi) is 8.18. The lowest BCUT2D eigenvalue weighted by Gasteiger charge is -2.22. The van der Waals surface area contributed by atoms with Gasteiger partial charge in [0.2, 0.25) is 0 Å². The van der Waals surface area contributed by atoms with Gasteiger partial charge in [-0.15, -0.1) is 0 Å². The van der Waals surface area contributed by atoms with Crippen molar-refractivity contribution in [3.05, 3.63) is 101 Å². The molecule has 3 aromatic carbocycles. The van der Waals surface area contributed by atoms with Crippen molar-refractivity contribution < 1.29 is 9.53 Å². The third-order valence-corrected chi connectivity index (χ3v) is 6.53. The normalized spacial score (nSPS) is 14.1. The molecular formula is C30H33N3O2. The summed E-state index contributed by atoms with van der Waals surface area (Å²) in [5.74, 6) is -0.293. The van der Waals surface area contributed by atoms with Crippen LogP contribution in [-0.2, 0) is 17.6 Å². The minimum Gasteiger partial charge on any atom is -0.462 e. The van der Waals surface area contributed by atoms with Crippen LogP contribution in [0.4, 0.5) is 5.69 Å². The topological polar surface area (TPSA) is 65.4 Å². The number of anilines is 1. The number of ether oxygens (including phenoxy) is 1. The highest BCUT2D eigenvalue weighted by Gasteiger charge is 2.24. The van der Waals surface area contributed by atoms with Crippen LogP contribution in [0.1, 0.15) is 58.9 Å². The van der Waals surface area contributed by atoms with Gasteiger partial charge in [0, 0.05) is 25.2 Å². The van der Waals surface area contributed by atoms with Crippen LogP contribution in [0.2, 0.25) is 0 Å². The first-order valence-corrected chi connectivity index (χ1v) is 12.4. The zero-order valence-electron chi connectivity index (χ0n) is 20.5. The van der Waals surface area contributed by atoms with Crippen LogP contribution in [0, 0.1) is 11.3 Å². The summed E-state index contributed by atoms with van der Waals surface area (Å²) in [6.45, 7) is 6.39. The van der Waals surface area contributed by atoms with Crippen LogP contribution < -0.4 is 10.2 Å². The third kappa shape index (κ3) is 6.29. The summed E-state index contributed by atoms with van der Waals surface area (Å²) in [5, 5.41) is 13.6. The van der Waals surface area contributed by atoms with E-state index in [1.54, 1.807) is 12.1 Å². The molecule has 2 unspecified atom stereocenters. The molecule has 2 atom stereocenters. The van der Waals surface area contributed by atoms with E-state index in [2.05, 4.69) is 60.5 Å². The Bertz CT molecular complexity index is 1170. The standard InChI is InChI=1S/C30H33N3O2/c1-22(32-23(2)25-10-5-3-6-11-25)18-24-19-27-14-16-33(29(27)28(20-24)21-31)15-9-17-35-30(34)26-12-7-4-8-13-26/h3-8,10-13,19-20,22-23,32H,9,14-18H2,1-2H3. The number of carbonyl (C=O) groups is 1. The Morgan fingerprint density at radius 1 is 1.09 bits per heavy atom. The number of hydrogen-bond acceptors (Lipinski definition) is 5. The number of nitrogens with zero attached hydrogens (tertiary/aromatic N) is 2. The van der Waals surface area contributed by atoms with E-state index in [9.17, 15) is 10.1 Å². The minimum atomic E-state index is -0.293. The van der Waals surface area contributed by atoms with E-state index in [4.69, 9.17) is 4.74 Å². The lowest BCUT2D eigenvalue weighted by molar-refractivity contribution is 0.0502. The summed E-state index contributed by atoms with van der Waals surface area (Å²) in [6.07, 6.45) is 2.53. The molecule has 1 heterocycles. The molecule has 1 N–H and O–H groups in total. The molecule has 0 bridgehead atoms. The maximum Gasteiger partial charge on any atom is 0.338 e. The monoisotopic (exact) mass is 467 g/mol. The Labute approximate surface area is 208 Å². The molecule has 0 aromatic heterocycles. The van der Waals surface area contributed by atoms with E-state index in [1.807, 2.05) is 30.3 Å². The molecule has 35 heavy (non-hydrogen) atoms. The van der Waals surface area contributed by atoms with Crippen LogP contribution >= 0.6 is 0 Å². The van der Waals surface area contributed by atoms with E-state index in [1.165, 1.54) is 16.7 Å². The Morgan fingerprint density at radius 2 is 1.80 bits per heavy atom. The average molecular weight is 468 g/mol. The van der Waals surface area contributed by atoms with Gasteiger partial charge in [0.05, 0.1) is 23.4 Å². The molecule has 0 amide bonds. The molecule has 3 aromatic rings. The fraction of sp³-hybridized carbons (Fsp3) is 0.333. The van der Waals surface area contributed by atoms with Crippen molar-refractivity contribution >= 4 is 11.7 Å². The van der Waals surface area contributed by atoms with Gasteiger partial charge in [-0.1, -0.05) is 54.6 Å². The molecule has 0 aliphatic carbocycles. The van der Waals surface area contributed by atoms with Crippen LogP contribution in [-0.4, -0.2) is 31.7 Å². The summed E-state index contributed by atoms with van der Waals surface area (Å²) in [7, 11) is 0. The van der Waals surface area contributed by atoms with Gasteiger partial charge in [-0.3, -0.25) is 0 Å². The first kappa shape index (κ1) is 24.5. The van der Waals surface area contributed by atoms with Gasteiger partial charge in [-0.25, -0.2) is 4.79 Å². The van der Waals surface area contributed by atoms with Crippen LogP contribution in [0.15, 0.2) is 72.8 Å². The van der Waals surface area contributed by atoms with Crippen molar-refractivity contribution in [2.24, 2.45) is 0 Å². The highest BCUT2D eigenvalue weighted by atomic mass is 16.5. The van der Waals surface area contributed by atoms with Crippen LogP contribution in [0.5, 0.6) is 0 Å². The molecule has 5 nitrogen and oxygen atoms in total. The van der Waals surface area contributed by atoms with Gasteiger partial charge in [0.15, 0.2) is 0 Å². The van der Waals surface area contributed by atoms with Gasteiger partial charge in [-0.2, -0.15) is 5.26 Å². The predicted octanol–water partition coefficient (Wildman–Crippen LogP) is 5.45. The lowest BCUT2D eigenvalue weighted by atomic mass is 9.98. The largest absolute Gasteiger partial charge is 0.462 e. The molecule has 0 fully saturated rings. The first-order chi connectivity index (χ1) is 17.0. The molecule has 4 rings (SSSR count). The fourth-order valence-electron chi connectivity index (χ4n) is 4.87. The number of rotatable bonds is 10. The SMILES string of the molecule is CC(Cc1cc(C#N)c2c(c1)CCN2CCCOC(=O)c1ccccc1)NC(C)c1ccccc1.